The highest BCUT2D eigenvalue weighted by atomic mass is 32.1. The minimum Gasteiger partial charge on any atom is -0.348 e. The third-order valence-electron chi connectivity index (χ3n) is 4.55. The van der Waals surface area contributed by atoms with E-state index in [0.29, 0.717) is 11.3 Å². The number of rotatable bonds is 7. The number of amides is 2. The Morgan fingerprint density at radius 2 is 1.79 bits per heavy atom. The van der Waals surface area contributed by atoms with Crippen LogP contribution in [0, 0.1) is 13.8 Å². The topological polar surface area (TPSA) is 58.2 Å². The Hall–Kier alpha value is -2.44. The van der Waals surface area contributed by atoms with Crippen molar-refractivity contribution in [1.29, 1.82) is 0 Å². The first-order valence-electron chi connectivity index (χ1n) is 9.19. The van der Waals surface area contributed by atoms with Gasteiger partial charge in [0.05, 0.1) is 10.9 Å². The second kappa shape index (κ2) is 9.17. The average Bonchev–Trinajstić information content (AvgIpc) is 3.31. The van der Waals surface area contributed by atoms with Crippen LogP contribution in [0.1, 0.15) is 43.5 Å². The van der Waals surface area contributed by atoms with Crippen LogP contribution in [0.4, 0.5) is 0 Å². The van der Waals surface area contributed by atoms with Crippen molar-refractivity contribution in [1.82, 2.24) is 10.6 Å². The summed E-state index contributed by atoms with van der Waals surface area (Å²) in [5.41, 5.74) is 2.13. The van der Waals surface area contributed by atoms with Crippen molar-refractivity contribution in [2.24, 2.45) is 0 Å². The van der Waals surface area contributed by atoms with Gasteiger partial charge >= 0.3 is 0 Å². The molecule has 2 atom stereocenters. The lowest BCUT2D eigenvalue weighted by Crippen LogP contribution is -2.48. The van der Waals surface area contributed by atoms with E-state index in [-0.39, 0.29) is 17.9 Å². The summed E-state index contributed by atoms with van der Waals surface area (Å²) in [7, 11) is 0. The monoisotopic (exact) mass is 412 g/mol. The maximum absolute atomic E-state index is 13.0. The highest BCUT2D eigenvalue weighted by Gasteiger charge is 2.24. The molecule has 1 aromatic carbocycles. The number of aryl methyl sites for hydroxylation is 2. The maximum Gasteiger partial charge on any atom is 0.262 e. The summed E-state index contributed by atoms with van der Waals surface area (Å²) in [5.74, 6) is -0.397. The van der Waals surface area contributed by atoms with Gasteiger partial charge in [0.2, 0.25) is 5.91 Å². The molecule has 0 spiro atoms. The predicted octanol–water partition coefficient (Wildman–Crippen LogP) is 4.64. The molecule has 0 unspecified atom stereocenters. The molecule has 0 bridgehead atoms. The van der Waals surface area contributed by atoms with Crippen LogP contribution < -0.4 is 10.6 Å². The molecule has 0 radical (unpaired) electrons. The second-order valence-corrected chi connectivity index (χ2v) is 9.20. The van der Waals surface area contributed by atoms with Crippen LogP contribution in [0.5, 0.6) is 0 Å². The van der Waals surface area contributed by atoms with Crippen LogP contribution in [0.3, 0.4) is 0 Å². The van der Waals surface area contributed by atoms with Gasteiger partial charge in [-0.3, -0.25) is 9.59 Å². The van der Waals surface area contributed by atoms with Crippen LogP contribution in [-0.2, 0) is 11.2 Å². The summed E-state index contributed by atoms with van der Waals surface area (Å²) < 4.78 is 0. The predicted molar refractivity (Wildman–Crippen MR) is 116 cm³/mol. The minimum atomic E-state index is -0.639. The second-order valence-electron chi connectivity index (χ2n) is 6.79. The molecule has 3 aromatic rings. The van der Waals surface area contributed by atoms with Gasteiger partial charge in [0.15, 0.2) is 0 Å². The molecular formula is C22H24N2O2S2. The lowest BCUT2D eigenvalue weighted by Gasteiger charge is -2.21. The molecular weight excluding hydrogens is 388 g/mol. The molecule has 0 fully saturated rings. The summed E-state index contributed by atoms with van der Waals surface area (Å²) in [5, 5.41) is 7.84. The maximum atomic E-state index is 13.0. The van der Waals surface area contributed by atoms with Gasteiger partial charge in [-0.25, -0.2) is 0 Å². The largest absolute Gasteiger partial charge is 0.348 e. The zero-order valence-electron chi connectivity index (χ0n) is 16.2. The molecule has 2 aromatic heterocycles. The van der Waals surface area contributed by atoms with Gasteiger partial charge in [-0.1, -0.05) is 36.4 Å². The quantitative estimate of drug-likeness (QED) is 0.594. The van der Waals surface area contributed by atoms with Crippen molar-refractivity contribution < 1.29 is 9.59 Å². The standard InChI is InChI=1S/C22H24N2O2S2/c1-14-12-18(16(3)28-14)15(2)23-21(25)19(13-17-8-5-4-6-9-17)24-22(26)20-10-7-11-27-20/h4-12,15,19H,13H2,1-3H3,(H,23,25)(H,24,26)/t15-,19-/m1/s1. The summed E-state index contributed by atoms with van der Waals surface area (Å²) in [4.78, 5) is 28.6. The number of nitrogens with one attached hydrogen (secondary N) is 2. The van der Waals surface area contributed by atoms with Gasteiger partial charge in [-0.15, -0.1) is 22.7 Å². The van der Waals surface area contributed by atoms with Crippen LogP contribution in [-0.4, -0.2) is 17.9 Å². The Labute approximate surface area is 173 Å². The molecule has 0 aliphatic heterocycles. The number of carbonyl (C=O) groups is 2. The summed E-state index contributed by atoms with van der Waals surface area (Å²) in [6.07, 6.45) is 0.443. The Morgan fingerprint density at radius 1 is 1.04 bits per heavy atom. The highest BCUT2D eigenvalue weighted by molar-refractivity contribution is 7.12. The lowest BCUT2D eigenvalue weighted by atomic mass is 10.0. The molecule has 4 nitrogen and oxygen atoms in total. The molecule has 0 aliphatic carbocycles. The molecule has 3 rings (SSSR count). The van der Waals surface area contributed by atoms with Crippen molar-refractivity contribution in [3.05, 3.63) is 79.7 Å². The van der Waals surface area contributed by atoms with Crippen molar-refractivity contribution in [2.45, 2.75) is 39.3 Å². The SMILES string of the molecule is Cc1cc([C@@H](C)NC(=O)[C@@H](Cc2ccccc2)NC(=O)c2cccs2)c(C)s1. The van der Waals surface area contributed by atoms with Gasteiger partial charge in [-0.2, -0.15) is 0 Å². The van der Waals surface area contributed by atoms with Crippen LogP contribution in [0.25, 0.3) is 0 Å². The fourth-order valence-corrected chi connectivity index (χ4v) is 4.82. The van der Waals surface area contributed by atoms with E-state index in [0.717, 1.165) is 11.1 Å². The molecule has 0 saturated carbocycles. The Bertz CT molecular complexity index is 933. The van der Waals surface area contributed by atoms with Crippen molar-refractivity contribution in [3.63, 3.8) is 0 Å². The van der Waals surface area contributed by atoms with Crippen molar-refractivity contribution in [2.75, 3.05) is 0 Å². The average molecular weight is 413 g/mol. The normalized spacial score (nSPS) is 13.0. The number of benzene rings is 1. The molecule has 2 heterocycles. The fraction of sp³-hybridized carbons (Fsp3) is 0.273. The van der Waals surface area contributed by atoms with Gasteiger partial charge in [0.25, 0.3) is 5.91 Å². The van der Waals surface area contributed by atoms with Crippen LogP contribution in [0.15, 0.2) is 53.9 Å². The first kappa shape index (κ1) is 20.3. The number of hydrogen-bond donors (Lipinski definition) is 2. The van der Waals surface area contributed by atoms with E-state index in [1.807, 2.05) is 48.7 Å². The first-order chi connectivity index (χ1) is 13.4. The number of thiophene rings is 2. The Balaban J connectivity index is 1.75. The van der Waals surface area contributed by atoms with E-state index in [2.05, 4.69) is 30.5 Å². The molecule has 0 saturated heterocycles. The molecule has 2 N–H and O–H groups in total. The number of carbonyl (C=O) groups excluding carboxylic acids is 2. The van der Waals surface area contributed by atoms with Gasteiger partial charge in [0.1, 0.15) is 6.04 Å². The van der Waals surface area contributed by atoms with E-state index in [1.165, 1.54) is 21.1 Å². The van der Waals surface area contributed by atoms with Crippen LogP contribution in [0.2, 0.25) is 0 Å². The Kier molecular flexibility index (Phi) is 6.65. The zero-order chi connectivity index (χ0) is 20.1. The van der Waals surface area contributed by atoms with Crippen molar-refractivity contribution in [3.8, 4) is 0 Å². The third-order valence-corrected chi connectivity index (χ3v) is 6.40. The van der Waals surface area contributed by atoms with Crippen LogP contribution >= 0.6 is 22.7 Å². The molecule has 146 valence electrons. The third kappa shape index (κ3) is 5.09. The van der Waals surface area contributed by atoms with E-state index in [1.54, 1.807) is 17.4 Å². The smallest absolute Gasteiger partial charge is 0.262 e. The van der Waals surface area contributed by atoms with Gasteiger partial charge < -0.3 is 10.6 Å². The highest BCUT2D eigenvalue weighted by Crippen LogP contribution is 2.26. The first-order valence-corrected chi connectivity index (χ1v) is 10.9. The fourth-order valence-electron chi connectivity index (χ4n) is 3.17. The van der Waals surface area contributed by atoms with E-state index in [9.17, 15) is 9.59 Å². The molecule has 6 heteroatoms. The van der Waals surface area contributed by atoms with E-state index >= 15 is 0 Å². The molecule has 0 aliphatic rings. The van der Waals surface area contributed by atoms with Crippen molar-refractivity contribution >= 4 is 34.5 Å². The van der Waals surface area contributed by atoms with E-state index < -0.39 is 6.04 Å². The van der Waals surface area contributed by atoms with Gasteiger partial charge in [0, 0.05) is 16.2 Å². The molecule has 2 amide bonds. The lowest BCUT2D eigenvalue weighted by molar-refractivity contribution is -0.123. The zero-order valence-corrected chi connectivity index (χ0v) is 17.8. The van der Waals surface area contributed by atoms with E-state index in [4.69, 9.17) is 0 Å². The summed E-state index contributed by atoms with van der Waals surface area (Å²) >= 11 is 3.09. The number of hydrogen-bond acceptors (Lipinski definition) is 4. The molecule has 28 heavy (non-hydrogen) atoms. The summed E-state index contributed by atoms with van der Waals surface area (Å²) in [6, 6.07) is 14.7. The summed E-state index contributed by atoms with van der Waals surface area (Å²) in [6.45, 7) is 6.11. The minimum absolute atomic E-state index is 0.116. The van der Waals surface area contributed by atoms with Gasteiger partial charge in [-0.05, 0) is 49.4 Å². The Morgan fingerprint density at radius 3 is 2.39 bits per heavy atom.